The molecule has 6 nitrogen and oxygen atoms in total. The van der Waals surface area contributed by atoms with Gasteiger partial charge in [-0.2, -0.15) is 5.10 Å². The second-order valence-electron chi connectivity index (χ2n) is 5.57. The number of aryl methyl sites for hydroxylation is 2. The molecule has 124 valence electrons. The number of rotatable bonds is 7. The monoisotopic (exact) mass is 316 g/mol. The average molecular weight is 316 g/mol. The molecular weight excluding hydrogens is 292 g/mol. The van der Waals surface area contributed by atoms with Crippen molar-refractivity contribution >= 4 is 11.8 Å². The Morgan fingerprint density at radius 3 is 2.78 bits per heavy atom. The molecule has 2 rings (SSSR count). The Labute approximate surface area is 136 Å². The number of aromatic nitrogens is 2. The summed E-state index contributed by atoms with van der Waals surface area (Å²) in [6.07, 6.45) is 1.78. The van der Waals surface area contributed by atoms with Crippen LogP contribution >= 0.6 is 0 Å². The molecule has 1 atom stereocenters. The third kappa shape index (κ3) is 5.41. The summed E-state index contributed by atoms with van der Waals surface area (Å²) >= 11 is 0. The largest absolute Gasteiger partial charge is 0.391 e. The lowest BCUT2D eigenvalue weighted by Gasteiger charge is -2.12. The first kappa shape index (κ1) is 17.0. The van der Waals surface area contributed by atoms with E-state index in [1.54, 1.807) is 11.7 Å². The molecule has 0 spiro atoms. The molecule has 1 aromatic heterocycles. The van der Waals surface area contributed by atoms with Crippen LogP contribution in [0.2, 0.25) is 0 Å². The average Bonchev–Trinajstić information content (AvgIpc) is 2.86. The molecule has 0 aliphatic rings. The van der Waals surface area contributed by atoms with Crippen molar-refractivity contribution in [1.29, 1.82) is 0 Å². The Morgan fingerprint density at radius 1 is 1.35 bits per heavy atom. The summed E-state index contributed by atoms with van der Waals surface area (Å²) in [5.74, 6) is 0.642. The molecule has 0 saturated heterocycles. The minimum Gasteiger partial charge on any atom is -0.391 e. The first-order valence-electron chi connectivity index (χ1n) is 7.88. The standard InChI is InChI=1S/C17H24N4O2/c1-3-7-14-11-16(21(2)20-14)19-17(23)18-12-15(22)10-13-8-5-4-6-9-13/h4-6,8-9,11,15,22H,3,7,10,12H2,1-2H3,(H2,18,19,23). The fourth-order valence-corrected chi connectivity index (χ4v) is 2.35. The molecule has 3 N–H and O–H groups in total. The Balaban J connectivity index is 1.78. The summed E-state index contributed by atoms with van der Waals surface area (Å²) in [5.41, 5.74) is 1.99. The number of nitrogens with one attached hydrogen (secondary N) is 2. The predicted octanol–water partition coefficient (Wildman–Crippen LogP) is 2.10. The zero-order chi connectivity index (χ0) is 16.7. The summed E-state index contributed by atoms with van der Waals surface area (Å²) in [6.45, 7) is 2.28. The minimum atomic E-state index is -0.620. The number of amides is 2. The van der Waals surface area contributed by atoms with Crippen LogP contribution in [0, 0.1) is 0 Å². The highest BCUT2D eigenvalue weighted by Crippen LogP contribution is 2.10. The second kappa shape index (κ2) is 8.33. The molecule has 0 radical (unpaired) electrons. The van der Waals surface area contributed by atoms with E-state index in [-0.39, 0.29) is 12.6 Å². The lowest BCUT2D eigenvalue weighted by Crippen LogP contribution is -2.36. The van der Waals surface area contributed by atoms with E-state index < -0.39 is 6.10 Å². The predicted molar refractivity (Wildman–Crippen MR) is 90.4 cm³/mol. The second-order valence-corrected chi connectivity index (χ2v) is 5.57. The summed E-state index contributed by atoms with van der Waals surface area (Å²) in [6, 6.07) is 11.2. The molecule has 6 heteroatoms. The van der Waals surface area contributed by atoms with Gasteiger partial charge in [0.2, 0.25) is 0 Å². The van der Waals surface area contributed by atoms with Crippen LogP contribution in [-0.4, -0.2) is 33.6 Å². The number of anilines is 1. The lowest BCUT2D eigenvalue weighted by molar-refractivity contribution is 0.172. The van der Waals surface area contributed by atoms with Crippen molar-refractivity contribution in [1.82, 2.24) is 15.1 Å². The van der Waals surface area contributed by atoms with E-state index in [0.29, 0.717) is 12.2 Å². The third-order valence-corrected chi connectivity index (χ3v) is 3.49. The first-order valence-corrected chi connectivity index (χ1v) is 7.88. The van der Waals surface area contributed by atoms with Gasteiger partial charge in [-0.3, -0.25) is 10.00 Å². The highest BCUT2D eigenvalue weighted by atomic mass is 16.3. The summed E-state index contributed by atoms with van der Waals surface area (Å²) in [4.78, 5) is 11.9. The SMILES string of the molecule is CCCc1cc(NC(=O)NCC(O)Cc2ccccc2)n(C)n1. The summed E-state index contributed by atoms with van der Waals surface area (Å²) in [7, 11) is 1.79. The molecule has 1 aromatic carbocycles. The summed E-state index contributed by atoms with van der Waals surface area (Å²) < 4.78 is 1.64. The van der Waals surface area contributed by atoms with Gasteiger partial charge >= 0.3 is 6.03 Å². The van der Waals surface area contributed by atoms with Crippen LogP contribution in [0.4, 0.5) is 10.6 Å². The third-order valence-electron chi connectivity index (χ3n) is 3.49. The fourth-order valence-electron chi connectivity index (χ4n) is 2.35. The Kier molecular flexibility index (Phi) is 6.17. The van der Waals surface area contributed by atoms with Crippen molar-refractivity contribution in [3.63, 3.8) is 0 Å². The van der Waals surface area contributed by atoms with E-state index in [4.69, 9.17) is 0 Å². The van der Waals surface area contributed by atoms with Gasteiger partial charge in [-0.1, -0.05) is 43.7 Å². The summed E-state index contributed by atoms with van der Waals surface area (Å²) in [5, 5.41) is 19.7. The van der Waals surface area contributed by atoms with Gasteiger partial charge in [-0.25, -0.2) is 4.79 Å². The molecular formula is C17H24N4O2. The van der Waals surface area contributed by atoms with Gasteiger partial charge < -0.3 is 10.4 Å². The molecule has 1 heterocycles. The van der Waals surface area contributed by atoms with Crippen molar-refractivity contribution < 1.29 is 9.90 Å². The van der Waals surface area contributed by atoms with Gasteiger partial charge in [-0.15, -0.1) is 0 Å². The maximum Gasteiger partial charge on any atom is 0.320 e. The molecule has 2 amide bonds. The molecule has 0 aliphatic carbocycles. The van der Waals surface area contributed by atoms with Gasteiger partial charge in [0.25, 0.3) is 0 Å². The Bertz CT molecular complexity index is 625. The number of hydrogen-bond acceptors (Lipinski definition) is 3. The molecule has 1 unspecified atom stereocenters. The van der Waals surface area contributed by atoms with Gasteiger partial charge in [0.1, 0.15) is 5.82 Å². The molecule has 2 aromatic rings. The van der Waals surface area contributed by atoms with Gasteiger partial charge in [0, 0.05) is 26.1 Å². The van der Waals surface area contributed by atoms with E-state index in [2.05, 4.69) is 22.7 Å². The molecule has 0 aliphatic heterocycles. The quantitative estimate of drug-likeness (QED) is 0.732. The molecule has 23 heavy (non-hydrogen) atoms. The number of benzene rings is 1. The number of hydrogen-bond donors (Lipinski definition) is 3. The number of urea groups is 1. The maximum atomic E-state index is 11.9. The topological polar surface area (TPSA) is 79.2 Å². The van der Waals surface area contributed by atoms with Crippen LogP contribution in [-0.2, 0) is 19.9 Å². The van der Waals surface area contributed by atoms with Crippen LogP contribution in [0.3, 0.4) is 0 Å². The lowest BCUT2D eigenvalue weighted by atomic mass is 10.1. The first-order chi connectivity index (χ1) is 11.1. The van der Waals surface area contributed by atoms with Crippen molar-refractivity contribution in [2.45, 2.75) is 32.3 Å². The highest BCUT2D eigenvalue weighted by Gasteiger charge is 2.10. The smallest absolute Gasteiger partial charge is 0.320 e. The minimum absolute atomic E-state index is 0.195. The Morgan fingerprint density at radius 2 is 2.09 bits per heavy atom. The van der Waals surface area contributed by atoms with Crippen molar-refractivity contribution in [2.75, 3.05) is 11.9 Å². The van der Waals surface area contributed by atoms with Crippen molar-refractivity contribution in [3.05, 3.63) is 47.7 Å². The van der Waals surface area contributed by atoms with E-state index in [0.717, 1.165) is 24.1 Å². The van der Waals surface area contributed by atoms with Crippen LogP contribution in [0.15, 0.2) is 36.4 Å². The van der Waals surface area contributed by atoms with Crippen LogP contribution in [0.25, 0.3) is 0 Å². The highest BCUT2D eigenvalue weighted by molar-refractivity contribution is 5.88. The number of aliphatic hydroxyl groups is 1. The van der Waals surface area contributed by atoms with Crippen LogP contribution < -0.4 is 10.6 Å². The molecule has 0 bridgehead atoms. The Hall–Kier alpha value is -2.34. The molecule has 0 fully saturated rings. The van der Waals surface area contributed by atoms with Crippen molar-refractivity contribution in [2.24, 2.45) is 7.05 Å². The maximum absolute atomic E-state index is 11.9. The molecule has 0 saturated carbocycles. The van der Waals surface area contributed by atoms with E-state index in [1.165, 1.54) is 0 Å². The number of carbonyl (C=O) groups excluding carboxylic acids is 1. The van der Waals surface area contributed by atoms with Gasteiger partial charge in [0.05, 0.1) is 11.8 Å². The van der Waals surface area contributed by atoms with Crippen LogP contribution in [0.5, 0.6) is 0 Å². The number of aliphatic hydroxyl groups excluding tert-OH is 1. The van der Waals surface area contributed by atoms with Gasteiger partial charge in [-0.05, 0) is 12.0 Å². The number of nitrogens with zero attached hydrogens (tertiary/aromatic N) is 2. The van der Waals surface area contributed by atoms with E-state index in [9.17, 15) is 9.90 Å². The van der Waals surface area contributed by atoms with Gasteiger partial charge in [0.15, 0.2) is 0 Å². The zero-order valence-corrected chi connectivity index (χ0v) is 13.6. The fraction of sp³-hybridized carbons (Fsp3) is 0.412. The van der Waals surface area contributed by atoms with E-state index >= 15 is 0 Å². The zero-order valence-electron chi connectivity index (χ0n) is 13.6. The van der Waals surface area contributed by atoms with Crippen LogP contribution in [0.1, 0.15) is 24.6 Å². The normalized spacial score (nSPS) is 12.0. The number of carbonyl (C=O) groups is 1. The van der Waals surface area contributed by atoms with E-state index in [1.807, 2.05) is 36.4 Å². The van der Waals surface area contributed by atoms with Crippen molar-refractivity contribution in [3.8, 4) is 0 Å².